The maximum Gasteiger partial charge on any atom is 0.241 e. The van der Waals surface area contributed by atoms with Gasteiger partial charge in [0.2, 0.25) is 5.91 Å². The van der Waals surface area contributed by atoms with Crippen LogP contribution in [-0.2, 0) is 21.1 Å². The summed E-state index contributed by atoms with van der Waals surface area (Å²) in [6, 6.07) is 11.5. The lowest BCUT2D eigenvalue weighted by molar-refractivity contribution is -0.120. The Kier molecular flexibility index (Phi) is 9.23. The normalized spacial score (nSPS) is 16.1. The molecule has 1 fully saturated rings. The maximum absolute atomic E-state index is 13.6. The predicted octanol–water partition coefficient (Wildman–Crippen LogP) is 4.48. The first-order valence-corrected chi connectivity index (χ1v) is 15.4. The Hall–Kier alpha value is -2.75. The van der Waals surface area contributed by atoms with E-state index in [1.54, 1.807) is 35.2 Å². The van der Waals surface area contributed by atoms with E-state index in [2.05, 4.69) is 21.7 Å². The van der Waals surface area contributed by atoms with Crippen LogP contribution >= 0.6 is 0 Å². The highest BCUT2D eigenvalue weighted by Crippen LogP contribution is 2.24. The van der Waals surface area contributed by atoms with Crippen molar-refractivity contribution in [1.82, 2.24) is 14.8 Å². The van der Waals surface area contributed by atoms with Crippen molar-refractivity contribution in [2.75, 3.05) is 50.4 Å². The standard InChI is InChI=1S/C29H39FN4O3S/c1-4-7-22(2)34(25-9-5-10-26(19-25)38(3,36)37)29(35)21-33-16-14-32(15-17-33)13-6-8-23-20-31-28-12-11-24(30)18-27(23)28/h5,9-12,18-20,22,31H,4,6-8,13-17,21H2,1-3H3. The summed E-state index contributed by atoms with van der Waals surface area (Å²) in [5.41, 5.74) is 2.74. The average Bonchev–Trinajstić information content (AvgIpc) is 3.27. The molecule has 1 unspecified atom stereocenters. The van der Waals surface area contributed by atoms with Crippen molar-refractivity contribution in [3.05, 3.63) is 60.0 Å². The number of rotatable bonds is 11. The van der Waals surface area contributed by atoms with Crippen molar-refractivity contribution in [2.45, 2.75) is 50.5 Å². The van der Waals surface area contributed by atoms with Crippen LogP contribution in [0.5, 0.6) is 0 Å². The van der Waals surface area contributed by atoms with Crippen LogP contribution in [0.3, 0.4) is 0 Å². The summed E-state index contributed by atoms with van der Waals surface area (Å²) in [6.07, 6.45) is 6.81. The third-order valence-corrected chi connectivity index (χ3v) is 8.52. The molecule has 2 heterocycles. The Morgan fingerprint density at radius 2 is 1.84 bits per heavy atom. The average molecular weight is 543 g/mol. The minimum absolute atomic E-state index is 0.00313. The first kappa shape index (κ1) is 28.3. The molecule has 7 nitrogen and oxygen atoms in total. The van der Waals surface area contributed by atoms with E-state index < -0.39 is 9.84 Å². The van der Waals surface area contributed by atoms with E-state index in [0.717, 1.165) is 74.9 Å². The van der Waals surface area contributed by atoms with E-state index in [9.17, 15) is 17.6 Å². The quantitative estimate of drug-likeness (QED) is 0.387. The third kappa shape index (κ3) is 7.01. The molecule has 0 aliphatic carbocycles. The molecule has 1 aromatic heterocycles. The monoisotopic (exact) mass is 542 g/mol. The fourth-order valence-corrected chi connectivity index (χ4v) is 6.00. The van der Waals surface area contributed by atoms with Gasteiger partial charge in [0, 0.05) is 61.3 Å². The number of amides is 1. The maximum atomic E-state index is 13.6. The number of piperazine rings is 1. The topological polar surface area (TPSA) is 76.7 Å². The number of carbonyl (C=O) groups is 1. The van der Waals surface area contributed by atoms with Crippen LogP contribution in [-0.4, -0.2) is 80.7 Å². The highest BCUT2D eigenvalue weighted by Gasteiger charge is 2.26. The molecule has 1 aliphatic rings. The summed E-state index contributed by atoms with van der Waals surface area (Å²) in [7, 11) is -3.36. The van der Waals surface area contributed by atoms with Crippen molar-refractivity contribution >= 4 is 32.3 Å². The van der Waals surface area contributed by atoms with Gasteiger partial charge in [-0.3, -0.25) is 9.69 Å². The predicted molar refractivity (Wildman–Crippen MR) is 151 cm³/mol. The van der Waals surface area contributed by atoms with E-state index in [-0.39, 0.29) is 22.7 Å². The molecule has 38 heavy (non-hydrogen) atoms. The van der Waals surface area contributed by atoms with Crippen molar-refractivity contribution in [1.29, 1.82) is 0 Å². The number of hydrogen-bond acceptors (Lipinski definition) is 5. The lowest BCUT2D eigenvalue weighted by Crippen LogP contribution is -2.51. The van der Waals surface area contributed by atoms with Crippen LogP contribution in [0.4, 0.5) is 10.1 Å². The summed E-state index contributed by atoms with van der Waals surface area (Å²) in [5.74, 6) is -0.216. The zero-order valence-corrected chi connectivity index (χ0v) is 23.4. The molecule has 1 amide bonds. The number of hydrogen-bond donors (Lipinski definition) is 1. The minimum atomic E-state index is -3.36. The van der Waals surface area contributed by atoms with Gasteiger partial charge >= 0.3 is 0 Å². The number of halogens is 1. The van der Waals surface area contributed by atoms with Gasteiger partial charge < -0.3 is 14.8 Å². The summed E-state index contributed by atoms with van der Waals surface area (Å²) in [6.45, 7) is 8.78. The molecular weight excluding hydrogens is 503 g/mol. The number of benzene rings is 2. The number of nitrogens with zero attached hydrogens (tertiary/aromatic N) is 3. The lowest BCUT2D eigenvalue weighted by Gasteiger charge is -2.36. The van der Waals surface area contributed by atoms with Gasteiger partial charge in [0.1, 0.15) is 5.82 Å². The molecular formula is C29H39FN4O3S. The molecule has 1 atom stereocenters. The Bertz CT molecular complexity index is 1350. The van der Waals surface area contributed by atoms with Crippen LogP contribution in [0, 0.1) is 5.82 Å². The van der Waals surface area contributed by atoms with E-state index in [0.29, 0.717) is 12.2 Å². The third-order valence-electron chi connectivity index (χ3n) is 7.41. The molecule has 0 spiro atoms. The van der Waals surface area contributed by atoms with Gasteiger partial charge in [-0.25, -0.2) is 12.8 Å². The van der Waals surface area contributed by atoms with Crippen LogP contribution in [0.25, 0.3) is 10.9 Å². The van der Waals surface area contributed by atoms with Gasteiger partial charge in [0.05, 0.1) is 11.4 Å². The number of sulfone groups is 1. The number of H-pyrrole nitrogens is 1. The fourth-order valence-electron chi connectivity index (χ4n) is 5.34. The van der Waals surface area contributed by atoms with Gasteiger partial charge in [-0.05, 0) is 74.7 Å². The summed E-state index contributed by atoms with van der Waals surface area (Å²) < 4.78 is 37.9. The highest BCUT2D eigenvalue weighted by molar-refractivity contribution is 7.90. The second-order valence-electron chi connectivity index (χ2n) is 10.4. The number of anilines is 1. The van der Waals surface area contributed by atoms with Crippen LogP contribution in [0.2, 0.25) is 0 Å². The highest BCUT2D eigenvalue weighted by atomic mass is 32.2. The summed E-state index contributed by atoms with van der Waals surface area (Å²) >= 11 is 0. The van der Waals surface area contributed by atoms with E-state index in [1.165, 1.54) is 12.3 Å². The van der Waals surface area contributed by atoms with E-state index >= 15 is 0 Å². The first-order chi connectivity index (χ1) is 18.2. The Morgan fingerprint density at radius 1 is 1.11 bits per heavy atom. The van der Waals surface area contributed by atoms with Gasteiger partial charge in [0.25, 0.3) is 0 Å². The zero-order valence-electron chi connectivity index (χ0n) is 22.6. The molecule has 1 saturated heterocycles. The molecule has 9 heteroatoms. The van der Waals surface area contributed by atoms with Crippen molar-refractivity contribution < 1.29 is 17.6 Å². The molecule has 3 aromatic rings. The van der Waals surface area contributed by atoms with Crippen LogP contribution in [0.15, 0.2) is 53.6 Å². The molecule has 206 valence electrons. The van der Waals surface area contributed by atoms with Crippen molar-refractivity contribution in [2.24, 2.45) is 0 Å². The first-order valence-electron chi connectivity index (χ1n) is 13.5. The second kappa shape index (κ2) is 12.4. The van der Waals surface area contributed by atoms with Crippen LogP contribution in [0.1, 0.15) is 38.7 Å². The number of aryl methyl sites for hydroxylation is 1. The zero-order chi connectivity index (χ0) is 27.3. The largest absolute Gasteiger partial charge is 0.361 e. The lowest BCUT2D eigenvalue weighted by atomic mass is 10.1. The molecule has 2 aromatic carbocycles. The molecule has 1 N–H and O–H groups in total. The molecule has 0 saturated carbocycles. The van der Waals surface area contributed by atoms with Gasteiger partial charge in [-0.1, -0.05) is 19.4 Å². The fraction of sp³-hybridized carbons (Fsp3) is 0.483. The minimum Gasteiger partial charge on any atom is -0.361 e. The van der Waals surface area contributed by atoms with E-state index in [1.807, 2.05) is 19.2 Å². The van der Waals surface area contributed by atoms with Gasteiger partial charge in [-0.2, -0.15) is 0 Å². The van der Waals surface area contributed by atoms with Crippen LogP contribution < -0.4 is 4.90 Å². The number of aromatic amines is 1. The van der Waals surface area contributed by atoms with Crippen molar-refractivity contribution in [3.63, 3.8) is 0 Å². The number of aromatic nitrogens is 1. The molecule has 0 bridgehead atoms. The summed E-state index contributed by atoms with van der Waals surface area (Å²) in [5, 5.41) is 0.956. The molecule has 1 aliphatic heterocycles. The second-order valence-corrected chi connectivity index (χ2v) is 12.4. The molecule has 0 radical (unpaired) electrons. The number of nitrogens with one attached hydrogen (secondary N) is 1. The van der Waals surface area contributed by atoms with Gasteiger partial charge in [-0.15, -0.1) is 0 Å². The SMILES string of the molecule is CCCC(C)N(C(=O)CN1CCN(CCCc2c[nH]c3ccc(F)cc23)CC1)c1cccc(S(C)(=O)=O)c1. The Balaban J connectivity index is 1.31. The Morgan fingerprint density at radius 3 is 2.55 bits per heavy atom. The number of fused-ring (bicyclic) bond motifs is 1. The smallest absolute Gasteiger partial charge is 0.241 e. The summed E-state index contributed by atoms with van der Waals surface area (Å²) in [4.78, 5) is 23.3. The number of carbonyl (C=O) groups excluding carboxylic acids is 1. The molecule has 4 rings (SSSR count). The van der Waals surface area contributed by atoms with Gasteiger partial charge in [0.15, 0.2) is 9.84 Å². The van der Waals surface area contributed by atoms with E-state index in [4.69, 9.17) is 0 Å². The Labute approximate surface area is 225 Å². The van der Waals surface area contributed by atoms with Crippen molar-refractivity contribution in [3.8, 4) is 0 Å².